The van der Waals surface area contributed by atoms with Gasteiger partial charge >= 0.3 is 0 Å². The van der Waals surface area contributed by atoms with Crippen LogP contribution in [0.25, 0.3) is 0 Å². The minimum atomic E-state index is -0.0652. The van der Waals surface area contributed by atoms with Crippen molar-refractivity contribution >= 4 is 17.3 Å². The van der Waals surface area contributed by atoms with Gasteiger partial charge in [0.05, 0.1) is 0 Å². The smallest absolute Gasteiger partial charge is 0.255 e. The number of benzene rings is 2. The molecule has 26 heavy (non-hydrogen) atoms. The van der Waals surface area contributed by atoms with Crippen molar-refractivity contribution in [3.05, 3.63) is 59.7 Å². The summed E-state index contributed by atoms with van der Waals surface area (Å²) in [5.74, 6) is 0.406. The second-order valence-corrected chi connectivity index (χ2v) is 7.20. The molecule has 1 aliphatic heterocycles. The Kier molecular flexibility index (Phi) is 5.94. The molecule has 1 saturated heterocycles. The van der Waals surface area contributed by atoms with Crippen LogP contribution >= 0.6 is 0 Å². The molecule has 1 N–H and O–H groups in total. The van der Waals surface area contributed by atoms with Gasteiger partial charge in [-0.15, -0.1) is 0 Å². The summed E-state index contributed by atoms with van der Waals surface area (Å²) < 4.78 is 0. The summed E-state index contributed by atoms with van der Waals surface area (Å²) in [5, 5.41) is 2.99. The summed E-state index contributed by atoms with van der Waals surface area (Å²) in [6.07, 6.45) is 0. The van der Waals surface area contributed by atoms with Crippen molar-refractivity contribution in [3.63, 3.8) is 0 Å². The number of nitrogens with one attached hydrogen (secondary N) is 1. The minimum Gasteiger partial charge on any atom is -0.369 e. The maximum Gasteiger partial charge on any atom is 0.255 e. The highest BCUT2D eigenvalue weighted by Crippen LogP contribution is 2.20. The van der Waals surface area contributed by atoms with Crippen LogP contribution in [0.2, 0.25) is 0 Å². The average molecular weight is 351 g/mol. The second kappa shape index (κ2) is 8.37. The molecule has 0 unspecified atom stereocenters. The molecular weight excluding hydrogens is 322 g/mol. The molecule has 3 rings (SSSR count). The van der Waals surface area contributed by atoms with Crippen LogP contribution in [0.3, 0.4) is 0 Å². The fourth-order valence-electron chi connectivity index (χ4n) is 3.30. The first kappa shape index (κ1) is 18.5. The normalized spacial score (nSPS) is 15.3. The zero-order chi connectivity index (χ0) is 18.5. The van der Waals surface area contributed by atoms with E-state index in [1.165, 1.54) is 11.3 Å². The van der Waals surface area contributed by atoms with Gasteiger partial charge in [-0.2, -0.15) is 0 Å². The van der Waals surface area contributed by atoms with Crippen LogP contribution in [0.4, 0.5) is 11.4 Å². The van der Waals surface area contributed by atoms with Crippen molar-refractivity contribution in [2.75, 3.05) is 42.9 Å². The number of rotatable bonds is 5. The highest BCUT2D eigenvalue weighted by molar-refractivity contribution is 6.04. The lowest BCUT2D eigenvalue weighted by Gasteiger charge is -2.35. The number of carbonyl (C=O) groups excluding carboxylic acids is 1. The van der Waals surface area contributed by atoms with Crippen molar-refractivity contribution in [2.45, 2.75) is 26.7 Å². The van der Waals surface area contributed by atoms with Gasteiger partial charge in [-0.3, -0.25) is 4.79 Å². The minimum absolute atomic E-state index is 0.0652. The van der Waals surface area contributed by atoms with Gasteiger partial charge in [0.25, 0.3) is 5.91 Å². The van der Waals surface area contributed by atoms with Gasteiger partial charge < -0.3 is 15.1 Å². The maximum atomic E-state index is 12.4. The third-order valence-electron chi connectivity index (χ3n) is 5.15. The van der Waals surface area contributed by atoms with Gasteiger partial charge in [0.2, 0.25) is 0 Å². The van der Waals surface area contributed by atoms with E-state index in [9.17, 15) is 4.79 Å². The summed E-state index contributed by atoms with van der Waals surface area (Å²) in [6.45, 7) is 12.0. The molecule has 0 saturated carbocycles. The molecule has 1 heterocycles. The molecule has 138 valence electrons. The highest BCUT2D eigenvalue weighted by atomic mass is 16.1. The summed E-state index contributed by atoms with van der Waals surface area (Å²) in [7, 11) is 0. The summed E-state index contributed by atoms with van der Waals surface area (Å²) >= 11 is 0. The van der Waals surface area contributed by atoms with Crippen molar-refractivity contribution in [1.29, 1.82) is 0 Å². The van der Waals surface area contributed by atoms with Crippen LogP contribution in [0, 0.1) is 0 Å². The van der Waals surface area contributed by atoms with E-state index in [1.807, 2.05) is 36.4 Å². The van der Waals surface area contributed by atoms with Crippen LogP contribution in [0.1, 0.15) is 42.6 Å². The van der Waals surface area contributed by atoms with Crippen LogP contribution in [0.15, 0.2) is 48.5 Å². The Hall–Kier alpha value is -2.33. The maximum absolute atomic E-state index is 12.4. The number of piperazine rings is 1. The van der Waals surface area contributed by atoms with Gasteiger partial charge in [-0.1, -0.05) is 32.9 Å². The molecule has 0 spiro atoms. The van der Waals surface area contributed by atoms with E-state index in [4.69, 9.17) is 0 Å². The molecule has 2 aromatic rings. The van der Waals surface area contributed by atoms with Gasteiger partial charge in [0.15, 0.2) is 0 Å². The molecule has 0 atom stereocenters. The molecule has 4 heteroatoms. The topological polar surface area (TPSA) is 35.6 Å². The Balaban J connectivity index is 1.59. The van der Waals surface area contributed by atoms with Crippen LogP contribution < -0.4 is 10.2 Å². The van der Waals surface area contributed by atoms with E-state index in [-0.39, 0.29) is 5.91 Å². The van der Waals surface area contributed by atoms with Gasteiger partial charge in [-0.05, 0) is 54.4 Å². The van der Waals surface area contributed by atoms with Crippen LogP contribution in [-0.4, -0.2) is 43.5 Å². The largest absolute Gasteiger partial charge is 0.369 e. The average Bonchev–Trinajstić information content (AvgIpc) is 2.68. The second-order valence-electron chi connectivity index (χ2n) is 7.20. The van der Waals surface area contributed by atoms with E-state index in [0.717, 1.165) is 38.4 Å². The fraction of sp³-hybridized carbons (Fsp3) is 0.409. The third kappa shape index (κ3) is 4.44. The highest BCUT2D eigenvalue weighted by Gasteiger charge is 2.15. The molecule has 0 radical (unpaired) electrons. The Morgan fingerprint density at radius 3 is 2.12 bits per heavy atom. The molecule has 1 amide bonds. The first-order valence-electron chi connectivity index (χ1n) is 9.55. The Morgan fingerprint density at radius 1 is 0.962 bits per heavy atom. The molecule has 1 fully saturated rings. The summed E-state index contributed by atoms with van der Waals surface area (Å²) in [5.41, 5.74) is 3.99. The zero-order valence-electron chi connectivity index (χ0n) is 16.0. The fourth-order valence-corrected chi connectivity index (χ4v) is 3.30. The number of anilines is 2. The Bertz CT molecular complexity index is 714. The van der Waals surface area contributed by atoms with Crippen molar-refractivity contribution < 1.29 is 4.79 Å². The lowest BCUT2D eigenvalue weighted by Crippen LogP contribution is -2.46. The lowest BCUT2D eigenvalue weighted by atomic mass is 10.0. The SMILES string of the molecule is CCN1CCN(c2ccc(NC(=O)c3ccc(C(C)C)cc3)cc2)CC1. The monoisotopic (exact) mass is 351 g/mol. The summed E-state index contributed by atoms with van der Waals surface area (Å²) in [4.78, 5) is 17.3. The van der Waals surface area contributed by atoms with E-state index in [0.29, 0.717) is 11.5 Å². The van der Waals surface area contributed by atoms with E-state index in [1.54, 1.807) is 0 Å². The predicted octanol–water partition coefficient (Wildman–Crippen LogP) is 4.20. The van der Waals surface area contributed by atoms with Crippen LogP contribution in [-0.2, 0) is 0 Å². The molecule has 0 bridgehead atoms. The number of likely N-dealkylation sites (N-methyl/N-ethyl adjacent to an activating group) is 1. The quantitative estimate of drug-likeness (QED) is 0.877. The Morgan fingerprint density at radius 2 is 1.58 bits per heavy atom. The number of nitrogens with zero attached hydrogens (tertiary/aromatic N) is 2. The van der Waals surface area contributed by atoms with Crippen LogP contribution in [0.5, 0.6) is 0 Å². The first-order chi connectivity index (χ1) is 12.6. The Labute approximate surface area is 156 Å². The first-order valence-corrected chi connectivity index (χ1v) is 9.55. The molecule has 0 aliphatic carbocycles. The van der Waals surface area contributed by atoms with E-state index in [2.05, 4.69) is 48.0 Å². The lowest BCUT2D eigenvalue weighted by molar-refractivity contribution is 0.102. The molecular formula is C22H29N3O. The van der Waals surface area contributed by atoms with Crippen molar-refractivity contribution in [2.24, 2.45) is 0 Å². The predicted molar refractivity (Wildman–Crippen MR) is 109 cm³/mol. The summed E-state index contributed by atoms with van der Waals surface area (Å²) in [6, 6.07) is 16.0. The van der Waals surface area contributed by atoms with Gasteiger partial charge in [-0.25, -0.2) is 0 Å². The van der Waals surface area contributed by atoms with E-state index >= 15 is 0 Å². The molecule has 2 aromatic carbocycles. The van der Waals surface area contributed by atoms with Crippen molar-refractivity contribution in [1.82, 2.24) is 4.90 Å². The standard InChI is InChI=1S/C22H29N3O/c1-4-24-13-15-25(16-14-24)21-11-9-20(10-12-21)23-22(26)19-7-5-18(6-8-19)17(2)3/h5-12,17H,4,13-16H2,1-3H3,(H,23,26). The molecule has 1 aliphatic rings. The number of hydrogen-bond donors (Lipinski definition) is 1. The number of carbonyl (C=O) groups is 1. The third-order valence-corrected chi connectivity index (χ3v) is 5.15. The van der Waals surface area contributed by atoms with Crippen molar-refractivity contribution in [3.8, 4) is 0 Å². The number of amides is 1. The van der Waals surface area contributed by atoms with E-state index < -0.39 is 0 Å². The molecule has 4 nitrogen and oxygen atoms in total. The van der Waals surface area contributed by atoms with Gasteiger partial charge in [0.1, 0.15) is 0 Å². The zero-order valence-corrected chi connectivity index (χ0v) is 16.0. The van der Waals surface area contributed by atoms with Gasteiger partial charge in [0, 0.05) is 43.1 Å². The molecule has 0 aromatic heterocycles. The number of hydrogen-bond acceptors (Lipinski definition) is 3.